The maximum absolute atomic E-state index is 12.8. The van der Waals surface area contributed by atoms with Gasteiger partial charge in [-0.25, -0.2) is 4.39 Å². The minimum atomic E-state index is -0.152. The van der Waals surface area contributed by atoms with E-state index in [1.807, 2.05) is 12.1 Å². The predicted molar refractivity (Wildman–Crippen MR) is 63.1 cm³/mol. The largest absolute Gasteiger partial charge is 0.371 e. The molecule has 2 heterocycles. The predicted octanol–water partition coefficient (Wildman–Crippen LogP) is 2.01. The Balaban J connectivity index is 1.74. The van der Waals surface area contributed by atoms with Crippen molar-refractivity contribution in [3.63, 3.8) is 0 Å². The molecule has 1 aromatic carbocycles. The number of halogens is 1. The molecule has 3 rings (SSSR count). The Morgan fingerprint density at radius 2 is 2.00 bits per heavy atom. The van der Waals surface area contributed by atoms with Crippen LogP contribution >= 0.6 is 0 Å². The lowest BCUT2D eigenvalue weighted by atomic mass is 9.93. The molecule has 0 bridgehead atoms. The second kappa shape index (κ2) is 4.06. The first-order valence-electron chi connectivity index (χ1n) is 6.07. The summed E-state index contributed by atoms with van der Waals surface area (Å²) in [6, 6.07) is 7.59. The van der Waals surface area contributed by atoms with Crippen molar-refractivity contribution in [2.45, 2.75) is 18.9 Å². The fourth-order valence-corrected chi connectivity index (χ4v) is 2.93. The Morgan fingerprint density at radius 1 is 1.19 bits per heavy atom. The van der Waals surface area contributed by atoms with E-state index >= 15 is 0 Å². The number of benzene rings is 1. The summed E-state index contributed by atoms with van der Waals surface area (Å²) in [4.78, 5) is 2.38. The molecule has 2 aliphatic rings. The Labute approximate surface area is 95.4 Å². The zero-order valence-electron chi connectivity index (χ0n) is 9.32. The van der Waals surface area contributed by atoms with Crippen molar-refractivity contribution in [3.8, 4) is 0 Å². The number of nitrogens with zero attached hydrogens (tertiary/aromatic N) is 1. The molecule has 0 aromatic heterocycles. The van der Waals surface area contributed by atoms with Crippen LogP contribution in [0.5, 0.6) is 0 Å². The SMILES string of the molecule is Fc1ccc(N2CCC3NCCC3C2)cc1. The van der Waals surface area contributed by atoms with Crippen LogP contribution in [0.25, 0.3) is 0 Å². The van der Waals surface area contributed by atoms with E-state index in [0.717, 1.165) is 37.3 Å². The van der Waals surface area contributed by atoms with Crippen molar-refractivity contribution in [2.75, 3.05) is 24.5 Å². The van der Waals surface area contributed by atoms with Crippen molar-refractivity contribution in [1.82, 2.24) is 5.32 Å². The van der Waals surface area contributed by atoms with Gasteiger partial charge in [0, 0.05) is 24.8 Å². The summed E-state index contributed by atoms with van der Waals surface area (Å²) < 4.78 is 12.8. The third kappa shape index (κ3) is 1.80. The van der Waals surface area contributed by atoms with E-state index in [0.29, 0.717) is 0 Å². The van der Waals surface area contributed by atoms with Crippen molar-refractivity contribution in [1.29, 1.82) is 0 Å². The number of hydrogen-bond acceptors (Lipinski definition) is 2. The van der Waals surface area contributed by atoms with E-state index in [2.05, 4.69) is 10.2 Å². The van der Waals surface area contributed by atoms with Gasteiger partial charge >= 0.3 is 0 Å². The molecule has 1 aromatic rings. The molecule has 3 heteroatoms. The van der Waals surface area contributed by atoms with Crippen LogP contribution in [0.15, 0.2) is 24.3 Å². The first kappa shape index (κ1) is 10.1. The summed E-state index contributed by atoms with van der Waals surface area (Å²) in [5.74, 6) is 0.625. The third-order valence-corrected chi connectivity index (χ3v) is 3.85. The van der Waals surface area contributed by atoms with Crippen LogP contribution in [0.2, 0.25) is 0 Å². The molecule has 2 fully saturated rings. The minimum absolute atomic E-state index is 0.152. The molecule has 86 valence electrons. The van der Waals surface area contributed by atoms with Crippen molar-refractivity contribution < 1.29 is 4.39 Å². The molecule has 1 N–H and O–H groups in total. The zero-order valence-corrected chi connectivity index (χ0v) is 9.32. The van der Waals surface area contributed by atoms with Crippen molar-refractivity contribution >= 4 is 5.69 Å². The molecule has 0 radical (unpaired) electrons. The Morgan fingerprint density at radius 3 is 2.81 bits per heavy atom. The summed E-state index contributed by atoms with van der Waals surface area (Å²) in [6.07, 6.45) is 2.49. The van der Waals surface area contributed by atoms with Gasteiger partial charge in [-0.1, -0.05) is 0 Å². The van der Waals surface area contributed by atoms with Gasteiger partial charge in [-0.05, 0) is 49.6 Å². The van der Waals surface area contributed by atoms with E-state index in [4.69, 9.17) is 0 Å². The van der Waals surface area contributed by atoms with Crippen LogP contribution in [0.1, 0.15) is 12.8 Å². The molecule has 0 amide bonds. The fraction of sp³-hybridized carbons (Fsp3) is 0.538. The summed E-state index contributed by atoms with van der Waals surface area (Å²) in [6.45, 7) is 3.36. The van der Waals surface area contributed by atoms with Gasteiger partial charge in [-0.15, -0.1) is 0 Å². The normalized spacial score (nSPS) is 29.2. The topological polar surface area (TPSA) is 15.3 Å². The number of nitrogens with one attached hydrogen (secondary N) is 1. The average Bonchev–Trinajstić information content (AvgIpc) is 2.77. The number of piperidine rings is 1. The quantitative estimate of drug-likeness (QED) is 0.779. The van der Waals surface area contributed by atoms with Gasteiger partial charge < -0.3 is 10.2 Å². The van der Waals surface area contributed by atoms with Gasteiger partial charge in [0.15, 0.2) is 0 Å². The molecule has 2 saturated heterocycles. The summed E-state index contributed by atoms with van der Waals surface area (Å²) >= 11 is 0. The smallest absolute Gasteiger partial charge is 0.123 e. The maximum Gasteiger partial charge on any atom is 0.123 e. The van der Waals surface area contributed by atoms with E-state index in [1.54, 1.807) is 12.1 Å². The average molecular weight is 220 g/mol. The monoisotopic (exact) mass is 220 g/mol. The van der Waals surface area contributed by atoms with Crippen LogP contribution in [0, 0.1) is 11.7 Å². The number of fused-ring (bicyclic) bond motifs is 1. The Bertz CT molecular complexity index is 363. The number of anilines is 1. The Hall–Kier alpha value is -1.09. The fourth-order valence-electron chi connectivity index (χ4n) is 2.93. The van der Waals surface area contributed by atoms with E-state index < -0.39 is 0 Å². The highest BCUT2D eigenvalue weighted by molar-refractivity contribution is 5.46. The number of hydrogen-bond donors (Lipinski definition) is 1. The van der Waals surface area contributed by atoms with Gasteiger partial charge in [0.2, 0.25) is 0 Å². The second-order valence-electron chi connectivity index (χ2n) is 4.82. The van der Waals surface area contributed by atoms with E-state index in [9.17, 15) is 4.39 Å². The van der Waals surface area contributed by atoms with Crippen LogP contribution in [0.4, 0.5) is 10.1 Å². The van der Waals surface area contributed by atoms with Crippen molar-refractivity contribution in [3.05, 3.63) is 30.1 Å². The van der Waals surface area contributed by atoms with Crippen LogP contribution in [-0.2, 0) is 0 Å². The number of rotatable bonds is 1. The molecule has 2 nitrogen and oxygen atoms in total. The highest BCUT2D eigenvalue weighted by Crippen LogP contribution is 2.28. The van der Waals surface area contributed by atoms with Crippen molar-refractivity contribution in [2.24, 2.45) is 5.92 Å². The van der Waals surface area contributed by atoms with Crippen LogP contribution in [-0.4, -0.2) is 25.7 Å². The Kier molecular flexibility index (Phi) is 2.56. The molecular formula is C13H17FN2. The van der Waals surface area contributed by atoms with E-state index in [-0.39, 0.29) is 5.82 Å². The molecule has 2 unspecified atom stereocenters. The highest BCUT2D eigenvalue weighted by atomic mass is 19.1. The minimum Gasteiger partial charge on any atom is -0.371 e. The van der Waals surface area contributed by atoms with Gasteiger partial charge in [0.1, 0.15) is 5.82 Å². The molecule has 2 aliphatic heterocycles. The summed E-state index contributed by atoms with van der Waals surface area (Å²) in [5, 5.41) is 3.55. The lowest BCUT2D eigenvalue weighted by Crippen LogP contribution is -2.44. The molecule has 16 heavy (non-hydrogen) atoms. The standard InChI is InChI=1S/C13H17FN2/c14-11-1-3-12(4-2-11)16-8-6-13-10(9-16)5-7-15-13/h1-4,10,13,15H,5-9H2. The second-order valence-corrected chi connectivity index (χ2v) is 4.82. The third-order valence-electron chi connectivity index (χ3n) is 3.85. The molecule has 0 aliphatic carbocycles. The first-order valence-corrected chi connectivity index (χ1v) is 6.07. The van der Waals surface area contributed by atoms with Gasteiger partial charge in [0.05, 0.1) is 0 Å². The molecule has 0 spiro atoms. The lowest BCUT2D eigenvalue weighted by Gasteiger charge is -2.36. The summed E-state index contributed by atoms with van der Waals surface area (Å²) in [5.41, 5.74) is 1.16. The zero-order chi connectivity index (χ0) is 11.0. The molecule has 0 saturated carbocycles. The highest BCUT2D eigenvalue weighted by Gasteiger charge is 2.32. The molecule has 2 atom stereocenters. The van der Waals surface area contributed by atoms with Crippen LogP contribution < -0.4 is 10.2 Å². The first-order chi connectivity index (χ1) is 7.83. The summed E-state index contributed by atoms with van der Waals surface area (Å²) in [7, 11) is 0. The van der Waals surface area contributed by atoms with Crippen LogP contribution in [0.3, 0.4) is 0 Å². The van der Waals surface area contributed by atoms with Gasteiger partial charge in [0.25, 0.3) is 0 Å². The lowest BCUT2D eigenvalue weighted by molar-refractivity contribution is 0.376. The van der Waals surface area contributed by atoms with Gasteiger partial charge in [-0.3, -0.25) is 0 Å². The molecular weight excluding hydrogens is 203 g/mol. The maximum atomic E-state index is 12.8. The van der Waals surface area contributed by atoms with E-state index in [1.165, 1.54) is 12.8 Å². The van der Waals surface area contributed by atoms with Gasteiger partial charge in [-0.2, -0.15) is 0 Å².